The molecule has 1 atom stereocenters. The topological polar surface area (TPSA) is 102 Å². The summed E-state index contributed by atoms with van der Waals surface area (Å²) in [7, 11) is 0. The van der Waals surface area contributed by atoms with Gasteiger partial charge in [0.2, 0.25) is 11.9 Å². The van der Waals surface area contributed by atoms with Crippen LogP contribution in [0.2, 0.25) is 0 Å². The van der Waals surface area contributed by atoms with E-state index in [9.17, 15) is 31.1 Å². The third-order valence-corrected chi connectivity index (χ3v) is 6.59. The van der Waals surface area contributed by atoms with E-state index in [0.717, 1.165) is 12.1 Å². The van der Waals surface area contributed by atoms with Crippen LogP contribution in [-0.4, -0.2) is 72.3 Å². The van der Waals surface area contributed by atoms with Crippen LogP contribution in [0.4, 0.5) is 43.9 Å². The number of hydrogen-bond acceptors (Lipinski definition) is 9. The van der Waals surface area contributed by atoms with E-state index in [-0.39, 0.29) is 29.3 Å². The van der Waals surface area contributed by atoms with Gasteiger partial charge in [-0.1, -0.05) is 18.2 Å². The Labute approximate surface area is 241 Å². The molecule has 0 saturated carbocycles. The number of para-hydroxylation sites is 1. The average Bonchev–Trinajstić information content (AvgIpc) is 2.98. The molecule has 1 amide bonds. The molecule has 0 spiro atoms. The molecule has 43 heavy (non-hydrogen) atoms. The zero-order valence-corrected chi connectivity index (χ0v) is 22.4. The van der Waals surface area contributed by atoms with Gasteiger partial charge in [-0.15, -0.1) is 13.2 Å². The van der Waals surface area contributed by atoms with E-state index in [2.05, 4.69) is 25.0 Å². The second-order valence-corrected chi connectivity index (χ2v) is 9.65. The first-order valence-corrected chi connectivity index (χ1v) is 13.3. The summed E-state index contributed by atoms with van der Waals surface area (Å²) in [6.07, 6.45) is -10.1. The third kappa shape index (κ3) is 7.81. The highest BCUT2D eigenvalue weighted by Gasteiger charge is 2.45. The minimum Gasteiger partial charge on any atom is -0.490 e. The van der Waals surface area contributed by atoms with Crippen LogP contribution in [0.1, 0.15) is 24.8 Å². The van der Waals surface area contributed by atoms with Crippen LogP contribution < -0.4 is 24.6 Å². The molecule has 3 aromatic rings. The number of carbonyl (C=O) groups is 1. The van der Waals surface area contributed by atoms with E-state index in [0.29, 0.717) is 56.3 Å². The number of benzene rings is 2. The highest BCUT2D eigenvalue weighted by molar-refractivity contribution is 6.02. The molecule has 2 saturated heterocycles. The van der Waals surface area contributed by atoms with Crippen molar-refractivity contribution in [3.05, 3.63) is 60.4 Å². The molecule has 5 rings (SSSR count). The number of aromatic nitrogens is 3. The maximum Gasteiger partial charge on any atom is 0.573 e. The van der Waals surface area contributed by atoms with E-state index < -0.39 is 30.5 Å². The third-order valence-electron chi connectivity index (χ3n) is 6.59. The number of ether oxygens (including phenoxy) is 3. The molecular weight excluding hydrogens is 586 g/mol. The molecule has 1 aromatic heterocycles. The predicted molar refractivity (Wildman–Crippen MR) is 140 cm³/mol. The van der Waals surface area contributed by atoms with Crippen molar-refractivity contribution in [1.82, 2.24) is 20.3 Å². The number of nitrogens with one attached hydrogen (secondary N) is 1. The second kappa shape index (κ2) is 12.6. The van der Waals surface area contributed by atoms with Crippen molar-refractivity contribution in [3.63, 3.8) is 0 Å². The Morgan fingerprint density at radius 3 is 2.21 bits per heavy atom. The summed E-state index contributed by atoms with van der Waals surface area (Å²) in [6.45, 7) is 1.90. The quantitative estimate of drug-likeness (QED) is 0.381. The summed E-state index contributed by atoms with van der Waals surface area (Å²) in [5.74, 6) is -2.55. The van der Waals surface area contributed by atoms with Gasteiger partial charge < -0.3 is 24.4 Å². The smallest absolute Gasteiger partial charge is 0.490 e. The number of rotatable bonds is 7. The summed E-state index contributed by atoms with van der Waals surface area (Å²) >= 11 is 0. The Morgan fingerprint density at radius 1 is 0.930 bits per heavy atom. The number of amides is 1. The Bertz CT molecular complexity index is 1380. The van der Waals surface area contributed by atoms with Gasteiger partial charge in [0.05, 0.1) is 12.3 Å². The number of piperidine rings is 1. The van der Waals surface area contributed by atoms with E-state index >= 15 is 0 Å². The van der Waals surface area contributed by atoms with Crippen molar-refractivity contribution in [1.29, 1.82) is 0 Å². The van der Waals surface area contributed by atoms with Gasteiger partial charge in [-0.2, -0.15) is 28.1 Å². The molecule has 10 nitrogen and oxygen atoms in total. The number of anilines is 3. The number of morpholine rings is 1. The van der Waals surface area contributed by atoms with Gasteiger partial charge in [0, 0.05) is 39.0 Å². The van der Waals surface area contributed by atoms with E-state index in [1.807, 2.05) is 0 Å². The maximum absolute atomic E-state index is 13.7. The van der Waals surface area contributed by atoms with Crippen molar-refractivity contribution in [2.24, 2.45) is 0 Å². The van der Waals surface area contributed by atoms with Crippen LogP contribution in [-0.2, 0) is 9.53 Å². The first-order chi connectivity index (χ1) is 20.5. The van der Waals surface area contributed by atoms with Crippen LogP contribution in [0, 0.1) is 0 Å². The van der Waals surface area contributed by atoms with Gasteiger partial charge in [-0.25, -0.2) is 4.90 Å². The molecule has 1 unspecified atom stereocenters. The monoisotopic (exact) mass is 612 g/mol. The lowest BCUT2D eigenvalue weighted by Crippen LogP contribution is -2.42. The summed E-state index contributed by atoms with van der Waals surface area (Å²) in [5.41, 5.74) is -0.0747. The molecule has 0 bridgehead atoms. The number of halogens is 6. The van der Waals surface area contributed by atoms with E-state index in [1.165, 1.54) is 36.4 Å². The first kappa shape index (κ1) is 30.3. The van der Waals surface area contributed by atoms with Crippen molar-refractivity contribution < 1.29 is 45.3 Å². The molecule has 0 aliphatic carbocycles. The Morgan fingerprint density at radius 2 is 1.60 bits per heavy atom. The molecule has 0 radical (unpaired) electrons. The summed E-state index contributed by atoms with van der Waals surface area (Å²) < 4.78 is 93.9. The fraction of sp³-hybridized carbons (Fsp3) is 0.407. The van der Waals surface area contributed by atoms with Gasteiger partial charge in [0.1, 0.15) is 23.7 Å². The molecule has 2 fully saturated rings. The number of alkyl halides is 6. The Hall–Kier alpha value is -4.18. The van der Waals surface area contributed by atoms with Crippen molar-refractivity contribution in [2.75, 3.05) is 42.6 Å². The zero-order chi connectivity index (χ0) is 30.6. The van der Waals surface area contributed by atoms with Crippen molar-refractivity contribution in [2.45, 2.75) is 37.6 Å². The fourth-order valence-electron chi connectivity index (χ4n) is 4.60. The molecule has 2 aliphatic rings. The lowest BCUT2D eigenvalue weighted by molar-refractivity contribution is -0.274. The van der Waals surface area contributed by atoms with Crippen LogP contribution in [0.25, 0.3) is 0 Å². The van der Waals surface area contributed by atoms with Gasteiger partial charge in [0.15, 0.2) is 5.82 Å². The largest absolute Gasteiger partial charge is 0.573 e. The molecular formula is C27H26F6N6O4. The Kier molecular flexibility index (Phi) is 8.87. The van der Waals surface area contributed by atoms with Crippen molar-refractivity contribution >= 4 is 23.5 Å². The van der Waals surface area contributed by atoms with Gasteiger partial charge >= 0.3 is 18.4 Å². The SMILES string of the molecule is O=C(N(c1ccccc1)c1nc(C2CNCCO2)nc(N2CCC(Oc3ccc(OC(F)(F)F)cc3)CC2)n1)C(F)(F)F. The highest BCUT2D eigenvalue weighted by atomic mass is 19.4. The molecule has 2 aromatic carbocycles. The molecule has 3 heterocycles. The fourth-order valence-corrected chi connectivity index (χ4v) is 4.60. The molecule has 230 valence electrons. The minimum absolute atomic E-state index is 0.0668. The zero-order valence-electron chi connectivity index (χ0n) is 22.4. The van der Waals surface area contributed by atoms with Crippen LogP contribution >= 0.6 is 0 Å². The average molecular weight is 613 g/mol. The lowest BCUT2D eigenvalue weighted by Gasteiger charge is -2.33. The van der Waals surface area contributed by atoms with Crippen LogP contribution in [0.15, 0.2) is 54.6 Å². The predicted octanol–water partition coefficient (Wildman–Crippen LogP) is 4.71. The van der Waals surface area contributed by atoms with Crippen LogP contribution in [0.5, 0.6) is 11.5 Å². The van der Waals surface area contributed by atoms with Gasteiger partial charge in [-0.3, -0.25) is 4.79 Å². The molecule has 2 aliphatic heterocycles. The molecule has 16 heteroatoms. The first-order valence-electron chi connectivity index (χ1n) is 13.3. The minimum atomic E-state index is -5.21. The summed E-state index contributed by atoms with van der Waals surface area (Å²) in [4.78, 5) is 27.8. The number of carbonyl (C=O) groups excluding carboxylic acids is 1. The Balaban J connectivity index is 1.37. The van der Waals surface area contributed by atoms with E-state index in [4.69, 9.17) is 9.47 Å². The lowest BCUT2D eigenvalue weighted by atomic mass is 10.1. The number of hydrogen-bond donors (Lipinski definition) is 1. The van der Waals surface area contributed by atoms with Crippen molar-refractivity contribution in [3.8, 4) is 11.5 Å². The normalized spacial score (nSPS) is 18.3. The van der Waals surface area contributed by atoms with Gasteiger partial charge in [-0.05, 0) is 36.4 Å². The van der Waals surface area contributed by atoms with Crippen LogP contribution in [0.3, 0.4) is 0 Å². The highest BCUT2D eigenvalue weighted by Crippen LogP contribution is 2.32. The maximum atomic E-state index is 13.7. The summed E-state index contributed by atoms with van der Waals surface area (Å²) in [5, 5.41) is 3.12. The standard InChI is InChI=1S/C27H26F6N6O4/c28-26(29,30)23(40)39(17-4-2-1-3-5-17)25-36-22(21-16-34-12-15-41-21)35-24(37-25)38-13-10-19(11-14-38)42-18-6-8-20(9-7-18)43-27(31,32)33/h1-9,19,21,34H,10-16H2. The second-order valence-electron chi connectivity index (χ2n) is 9.65. The van der Waals surface area contributed by atoms with Gasteiger partial charge in [0.25, 0.3) is 0 Å². The number of nitrogens with zero attached hydrogens (tertiary/aromatic N) is 5. The summed E-state index contributed by atoms with van der Waals surface area (Å²) in [6, 6.07) is 12.3. The van der Waals surface area contributed by atoms with E-state index in [1.54, 1.807) is 11.0 Å². The molecule has 1 N–H and O–H groups in total.